The van der Waals surface area contributed by atoms with Gasteiger partial charge in [-0.25, -0.2) is 0 Å². The van der Waals surface area contributed by atoms with E-state index < -0.39 is 0 Å². The Morgan fingerprint density at radius 1 is 1.17 bits per heavy atom. The number of rotatable bonds is 5. The van der Waals surface area contributed by atoms with E-state index >= 15 is 0 Å². The fourth-order valence-corrected chi connectivity index (χ4v) is 3.28. The Hall–Kier alpha value is -1.89. The molecule has 1 saturated carbocycles. The molecule has 7 heteroatoms. The minimum absolute atomic E-state index is 0.0352. The largest absolute Gasteiger partial charge is 0.352 e. The van der Waals surface area contributed by atoms with Crippen molar-refractivity contribution in [3.05, 3.63) is 18.0 Å². The summed E-state index contributed by atoms with van der Waals surface area (Å²) in [4.78, 5) is 24.2. The Morgan fingerprint density at radius 3 is 2.74 bits per heavy atom. The lowest BCUT2D eigenvalue weighted by molar-refractivity contribution is -0.122. The van der Waals surface area contributed by atoms with Gasteiger partial charge in [-0.05, 0) is 25.8 Å². The Balaban J connectivity index is 1.47. The number of nitrogens with one attached hydrogen (secondary N) is 3. The van der Waals surface area contributed by atoms with Gasteiger partial charge in [-0.2, -0.15) is 5.10 Å². The predicted octanol–water partition coefficient (Wildman–Crippen LogP) is 0.424. The Morgan fingerprint density at radius 2 is 2.00 bits per heavy atom. The van der Waals surface area contributed by atoms with Crippen molar-refractivity contribution < 1.29 is 9.59 Å². The molecule has 2 amide bonds. The van der Waals surface area contributed by atoms with Gasteiger partial charge in [0.2, 0.25) is 5.91 Å². The van der Waals surface area contributed by atoms with Gasteiger partial charge < -0.3 is 16.0 Å². The number of hydrogen-bond acceptors (Lipinski definition) is 4. The van der Waals surface area contributed by atoms with Crippen LogP contribution in [0.4, 0.5) is 0 Å². The standard InChI is InChI=1S/C16H25N5O2/c22-15(19-13-4-2-1-3-5-13)11-21-10-12(8-18-21)16(23)20-14-6-7-17-9-14/h8,10,13-14,17H,1-7,9,11H2,(H,19,22)(H,20,23). The van der Waals surface area contributed by atoms with Crippen LogP contribution >= 0.6 is 0 Å². The van der Waals surface area contributed by atoms with Crippen LogP contribution in [-0.2, 0) is 11.3 Å². The van der Waals surface area contributed by atoms with E-state index in [1.54, 1.807) is 6.20 Å². The Kier molecular flexibility index (Phi) is 5.27. The summed E-state index contributed by atoms with van der Waals surface area (Å²) in [7, 11) is 0. The molecule has 2 fully saturated rings. The van der Waals surface area contributed by atoms with Crippen molar-refractivity contribution in [1.29, 1.82) is 0 Å². The number of nitrogens with zero attached hydrogens (tertiary/aromatic N) is 2. The second-order valence-electron chi connectivity index (χ2n) is 6.49. The third-order valence-electron chi connectivity index (χ3n) is 4.57. The lowest BCUT2D eigenvalue weighted by atomic mass is 9.95. The second-order valence-corrected chi connectivity index (χ2v) is 6.49. The van der Waals surface area contributed by atoms with Gasteiger partial charge in [0.1, 0.15) is 6.54 Å². The third-order valence-corrected chi connectivity index (χ3v) is 4.57. The number of amides is 2. The monoisotopic (exact) mass is 319 g/mol. The van der Waals surface area contributed by atoms with Gasteiger partial charge in [-0.15, -0.1) is 0 Å². The summed E-state index contributed by atoms with van der Waals surface area (Å²) in [6.45, 7) is 1.91. The van der Waals surface area contributed by atoms with Gasteiger partial charge >= 0.3 is 0 Å². The highest BCUT2D eigenvalue weighted by Gasteiger charge is 2.19. The topological polar surface area (TPSA) is 88.1 Å². The fourth-order valence-electron chi connectivity index (χ4n) is 3.28. The summed E-state index contributed by atoms with van der Waals surface area (Å²) in [6, 6.07) is 0.477. The number of carbonyl (C=O) groups excluding carboxylic acids is 2. The average Bonchev–Trinajstić information content (AvgIpc) is 3.20. The van der Waals surface area contributed by atoms with Crippen LogP contribution in [0.2, 0.25) is 0 Å². The molecule has 23 heavy (non-hydrogen) atoms. The van der Waals surface area contributed by atoms with E-state index in [1.165, 1.54) is 30.1 Å². The number of carbonyl (C=O) groups is 2. The molecule has 3 N–H and O–H groups in total. The van der Waals surface area contributed by atoms with E-state index in [1.807, 2.05) is 0 Å². The van der Waals surface area contributed by atoms with Crippen LogP contribution in [0.25, 0.3) is 0 Å². The van der Waals surface area contributed by atoms with Crippen molar-refractivity contribution in [1.82, 2.24) is 25.7 Å². The van der Waals surface area contributed by atoms with Crippen LogP contribution in [0.15, 0.2) is 12.4 Å². The first-order valence-electron chi connectivity index (χ1n) is 8.54. The molecule has 2 heterocycles. The van der Waals surface area contributed by atoms with Gasteiger partial charge in [0.25, 0.3) is 5.91 Å². The highest BCUT2D eigenvalue weighted by Crippen LogP contribution is 2.17. The molecule has 0 aromatic carbocycles. The average molecular weight is 319 g/mol. The van der Waals surface area contributed by atoms with Crippen molar-refractivity contribution >= 4 is 11.8 Å². The second kappa shape index (κ2) is 7.59. The summed E-state index contributed by atoms with van der Waals surface area (Å²) in [5.74, 6) is -0.162. The molecule has 2 aliphatic rings. The van der Waals surface area contributed by atoms with E-state index in [4.69, 9.17) is 0 Å². The van der Waals surface area contributed by atoms with Gasteiger partial charge in [0.05, 0.1) is 11.8 Å². The molecule has 1 aliphatic heterocycles. The molecule has 0 radical (unpaired) electrons. The summed E-state index contributed by atoms with van der Waals surface area (Å²) in [5.41, 5.74) is 0.502. The van der Waals surface area contributed by atoms with Gasteiger partial charge in [0.15, 0.2) is 0 Å². The van der Waals surface area contributed by atoms with Crippen molar-refractivity contribution in [2.24, 2.45) is 0 Å². The van der Waals surface area contributed by atoms with Crippen LogP contribution in [0.3, 0.4) is 0 Å². The van der Waals surface area contributed by atoms with Crippen LogP contribution in [0.1, 0.15) is 48.9 Å². The number of aromatic nitrogens is 2. The van der Waals surface area contributed by atoms with E-state index in [9.17, 15) is 9.59 Å². The molecule has 3 rings (SSSR count). The molecule has 7 nitrogen and oxygen atoms in total. The molecule has 1 aromatic heterocycles. The first-order valence-corrected chi connectivity index (χ1v) is 8.54. The first-order chi connectivity index (χ1) is 11.2. The summed E-state index contributed by atoms with van der Waals surface area (Å²) in [6.07, 6.45) is 9.87. The van der Waals surface area contributed by atoms with Crippen molar-refractivity contribution in [2.45, 2.75) is 57.2 Å². The van der Waals surface area contributed by atoms with Gasteiger partial charge in [-0.1, -0.05) is 19.3 Å². The maximum atomic E-state index is 12.1. The van der Waals surface area contributed by atoms with Crippen LogP contribution in [-0.4, -0.2) is 46.8 Å². The van der Waals surface area contributed by atoms with Crippen molar-refractivity contribution in [2.75, 3.05) is 13.1 Å². The molecule has 0 spiro atoms. The van der Waals surface area contributed by atoms with Crippen molar-refractivity contribution in [3.63, 3.8) is 0 Å². The maximum Gasteiger partial charge on any atom is 0.254 e. The first kappa shape index (κ1) is 16.0. The molecule has 0 bridgehead atoms. The molecule has 1 unspecified atom stereocenters. The Bertz CT molecular complexity index is 544. The molecule has 1 atom stereocenters. The molecular weight excluding hydrogens is 294 g/mol. The minimum atomic E-state index is -0.127. The van der Waals surface area contributed by atoms with Gasteiger partial charge in [-0.3, -0.25) is 14.3 Å². The SMILES string of the molecule is O=C(Cn1cc(C(=O)NC2CCNC2)cn1)NC1CCCCC1. The van der Waals surface area contributed by atoms with E-state index in [2.05, 4.69) is 21.0 Å². The molecule has 1 aromatic rings. The lowest BCUT2D eigenvalue weighted by Crippen LogP contribution is -2.38. The summed E-state index contributed by atoms with van der Waals surface area (Å²) < 4.78 is 1.53. The molecule has 126 valence electrons. The van der Waals surface area contributed by atoms with Crippen LogP contribution in [0, 0.1) is 0 Å². The zero-order chi connectivity index (χ0) is 16.1. The van der Waals surface area contributed by atoms with E-state index in [0.717, 1.165) is 32.4 Å². The summed E-state index contributed by atoms with van der Waals surface area (Å²) in [5, 5.41) is 13.4. The van der Waals surface area contributed by atoms with Crippen LogP contribution in [0.5, 0.6) is 0 Å². The number of hydrogen-bond donors (Lipinski definition) is 3. The molecule has 1 aliphatic carbocycles. The molecule has 1 saturated heterocycles. The highest BCUT2D eigenvalue weighted by atomic mass is 16.2. The van der Waals surface area contributed by atoms with E-state index in [-0.39, 0.29) is 24.4 Å². The molecular formula is C16H25N5O2. The maximum absolute atomic E-state index is 12.1. The smallest absolute Gasteiger partial charge is 0.254 e. The van der Waals surface area contributed by atoms with Gasteiger partial charge in [0, 0.05) is 24.8 Å². The Labute approximate surface area is 136 Å². The minimum Gasteiger partial charge on any atom is -0.352 e. The highest BCUT2D eigenvalue weighted by molar-refractivity contribution is 5.94. The third kappa shape index (κ3) is 4.54. The zero-order valence-corrected chi connectivity index (χ0v) is 13.4. The van der Waals surface area contributed by atoms with Crippen LogP contribution < -0.4 is 16.0 Å². The zero-order valence-electron chi connectivity index (χ0n) is 13.4. The summed E-state index contributed by atoms with van der Waals surface area (Å²) >= 11 is 0. The fraction of sp³-hybridized carbons (Fsp3) is 0.688. The lowest BCUT2D eigenvalue weighted by Gasteiger charge is -2.22. The van der Waals surface area contributed by atoms with Crippen molar-refractivity contribution in [3.8, 4) is 0 Å². The normalized spacial score (nSPS) is 22.0. The van der Waals surface area contributed by atoms with E-state index in [0.29, 0.717) is 11.6 Å². The predicted molar refractivity (Wildman–Crippen MR) is 86.0 cm³/mol. The quantitative estimate of drug-likeness (QED) is 0.734.